The molecule has 6 aromatic rings. The molecule has 335 valence electrons. The zero-order valence-corrected chi connectivity index (χ0v) is 39.7. The maximum absolute atomic E-state index is 9.00. The first-order valence-corrected chi connectivity index (χ1v) is 18.3. The summed E-state index contributed by atoms with van der Waals surface area (Å²) in [6.07, 6.45) is 1.74. The molecular formula is C42H53BN10NaO10. The number of nitrogens with one attached hydrogen (secondary N) is 1. The quantitative estimate of drug-likeness (QED) is 0.0726. The minimum atomic E-state index is -0.833. The van der Waals surface area contributed by atoms with Crippen LogP contribution in [0, 0.1) is 13.8 Å². The van der Waals surface area contributed by atoms with Crippen molar-refractivity contribution in [3.63, 3.8) is 0 Å². The molecule has 4 aromatic carbocycles. The standard InChI is InChI=1S/C19H23N5O3.C19H21N5O3.2C2H4O2.B.Na.H/c2*1-10-11(5-6-13-16(10)18(20)24-19(21)23-13)9-22-12-7-14(25-2)17(27-4)15(8-12)26-3;2*1-2(3)4;;;/h5-8,22H,9H2,1-4H3,(H4,20,21,23,24);5-9H,1-4H3,(H4,20,21,23,24);2*1H3,(H,3,4);;;/q;;;;;+1;-1. The predicted molar refractivity (Wildman–Crippen MR) is 246 cm³/mol. The predicted octanol–water partition coefficient (Wildman–Crippen LogP) is 2.54. The number of aromatic nitrogens is 4. The third-order valence-corrected chi connectivity index (χ3v) is 8.64. The van der Waals surface area contributed by atoms with Gasteiger partial charge in [0.2, 0.25) is 23.4 Å². The van der Waals surface area contributed by atoms with E-state index < -0.39 is 11.9 Å². The number of carboxylic acids is 2. The molecule has 11 N–H and O–H groups in total. The average Bonchev–Trinajstić information content (AvgIpc) is 3.21. The molecule has 0 aliphatic rings. The third-order valence-electron chi connectivity index (χ3n) is 8.64. The molecule has 3 radical (unpaired) electrons. The summed E-state index contributed by atoms with van der Waals surface area (Å²) in [6, 6.07) is 14.9. The van der Waals surface area contributed by atoms with E-state index in [9.17, 15) is 0 Å². The number of hydrogen-bond donors (Lipinski definition) is 7. The number of carbonyl (C=O) groups is 2. The van der Waals surface area contributed by atoms with Crippen LogP contribution in [0.15, 0.2) is 53.5 Å². The number of anilines is 5. The number of aliphatic imine (C=N–C) groups is 1. The van der Waals surface area contributed by atoms with E-state index in [0.29, 0.717) is 63.9 Å². The summed E-state index contributed by atoms with van der Waals surface area (Å²) in [5.41, 5.74) is 30.2. The Bertz CT molecular complexity index is 2520. The van der Waals surface area contributed by atoms with E-state index >= 15 is 0 Å². The maximum Gasteiger partial charge on any atom is 1.00 e. The van der Waals surface area contributed by atoms with Crippen LogP contribution in [0.2, 0.25) is 0 Å². The number of ether oxygens (including phenoxy) is 6. The van der Waals surface area contributed by atoms with Gasteiger partial charge < -0.3 is 68.3 Å². The molecule has 20 nitrogen and oxygen atoms in total. The molecule has 0 atom stereocenters. The van der Waals surface area contributed by atoms with Crippen LogP contribution in [0.1, 0.15) is 37.5 Å². The topological polar surface area (TPSA) is 310 Å². The summed E-state index contributed by atoms with van der Waals surface area (Å²) in [6.45, 7) is 6.67. The van der Waals surface area contributed by atoms with Gasteiger partial charge in [0.05, 0.1) is 59.4 Å². The number of aliphatic carboxylic acids is 2. The van der Waals surface area contributed by atoms with Crippen molar-refractivity contribution in [3.05, 3.63) is 70.8 Å². The first kappa shape index (κ1) is 55.1. The van der Waals surface area contributed by atoms with Crippen molar-refractivity contribution in [2.75, 3.05) is 70.9 Å². The summed E-state index contributed by atoms with van der Waals surface area (Å²) in [5, 5.41) is 19.8. The fraction of sp³-hybridized carbons (Fsp3) is 0.262. The number of rotatable bonds is 11. The Hall–Kier alpha value is -6.97. The first-order chi connectivity index (χ1) is 29.4. The molecule has 0 aliphatic heterocycles. The van der Waals surface area contributed by atoms with E-state index in [4.69, 9.17) is 71.2 Å². The van der Waals surface area contributed by atoms with Crippen LogP contribution in [0.3, 0.4) is 0 Å². The van der Waals surface area contributed by atoms with Gasteiger partial charge >= 0.3 is 29.6 Å². The molecule has 0 saturated carbocycles. The van der Waals surface area contributed by atoms with Gasteiger partial charge in [-0.2, -0.15) is 9.97 Å². The van der Waals surface area contributed by atoms with Gasteiger partial charge in [-0.1, -0.05) is 12.1 Å². The van der Waals surface area contributed by atoms with Crippen molar-refractivity contribution >= 4 is 83.3 Å². The van der Waals surface area contributed by atoms with Gasteiger partial charge in [0.1, 0.15) is 11.6 Å². The van der Waals surface area contributed by atoms with Crippen molar-refractivity contribution in [1.82, 2.24) is 19.9 Å². The van der Waals surface area contributed by atoms with Crippen molar-refractivity contribution in [2.45, 2.75) is 34.2 Å². The smallest absolute Gasteiger partial charge is 1.00 e. The number of nitrogen functional groups attached to an aromatic ring is 4. The maximum atomic E-state index is 9.00. The third kappa shape index (κ3) is 14.6. The number of carboxylic acid groups (broad SMARTS) is 2. The van der Waals surface area contributed by atoms with Crippen LogP contribution in [0.25, 0.3) is 21.8 Å². The molecule has 22 heteroatoms. The molecule has 6 rings (SSSR count). The van der Waals surface area contributed by atoms with Gasteiger partial charge in [0.15, 0.2) is 23.0 Å². The minimum absolute atomic E-state index is 0. The molecule has 0 unspecified atom stereocenters. The van der Waals surface area contributed by atoms with E-state index in [-0.39, 0.29) is 51.3 Å². The molecule has 0 bridgehead atoms. The second-order valence-electron chi connectivity index (χ2n) is 12.8. The van der Waals surface area contributed by atoms with Crippen LogP contribution in [-0.4, -0.2) is 99.4 Å². The number of nitrogens with two attached hydrogens (primary N) is 4. The summed E-state index contributed by atoms with van der Waals surface area (Å²) in [4.78, 5) is 39.1. The fourth-order valence-corrected chi connectivity index (χ4v) is 5.94. The molecule has 64 heavy (non-hydrogen) atoms. The molecule has 0 saturated heterocycles. The van der Waals surface area contributed by atoms with Crippen molar-refractivity contribution in [1.29, 1.82) is 0 Å². The number of aryl methyl sites for hydroxylation is 2. The average molecular weight is 892 g/mol. The number of fused-ring (bicyclic) bond motifs is 2. The van der Waals surface area contributed by atoms with Gasteiger partial charge in [-0.25, -0.2) is 9.97 Å². The van der Waals surface area contributed by atoms with Gasteiger partial charge in [0.25, 0.3) is 11.9 Å². The number of nitrogens with zero attached hydrogens (tertiary/aromatic N) is 5. The van der Waals surface area contributed by atoms with E-state index in [1.807, 2.05) is 50.2 Å². The second-order valence-corrected chi connectivity index (χ2v) is 12.8. The Labute approximate surface area is 396 Å². The normalized spacial score (nSPS) is 9.97. The van der Waals surface area contributed by atoms with Gasteiger partial charge in [-0.3, -0.25) is 14.6 Å². The summed E-state index contributed by atoms with van der Waals surface area (Å²) >= 11 is 0. The van der Waals surface area contributed by atoms with Gasteiger partial charge in [-0.15, -0.1) is 0 Å². The largest absolute Gasteiger partial charge is 1.00 e. The van der Waals surface area contributed by atoms with Crippen LogP contribution in [-0.2, 0) is 16.1 Å². The molecule has 0 spiro atoms. The van der Waals surface area contributed by atoms with Crippen LogP contribution in [0.4, 0.5) is 34.9 Å². The Morgan fingerprint density at radius 2 is 1.05 bits per heavy atom. The molecule has 0 amide bonds. The molecular weight excluding hydrogens is 838 g/mol. The first-order valence-electron chi connectivity index (χ1n) is 18.3. The Kier molecular flexibility index (Phi) is 22.2. The van der Waals surface area contributed by atoms with Gasteiger partial charge in [-0.05, 0) is 48.2 Å². The zero-order chi connectivity index (χ0) is 46.3. The molecule has 0 aliphatic carbocycles. The van der Waals surface area contributed by atoms with E-state index in [1.165, 1.54) is 0 Å². The van der Waals surface area contributed by atoms with E-state index in [1.54, 1.807) is 61.0 Å². The molecule has 2 aromatic heterocycles. The summed E-state index contributed by atoms with van der Waals surface area (Å²) in [7, 11) is 9.43. The Morgan fingerprint density at radius 1 is 0.656 bits per heavy atom. The number of benzene rings is 4. The summed E-state index contributed by atoms with van der Waals surface area (Å²) in [5.74, 6) is 2.69. The monoisotopic (exact) mass is 891 g/mol. The Morgan fingerprint density at radius 3 is 1.45 bits per heavy atom. The van der Waals surface area contributed by atoms with Crippen molar-refractivity contribution < 1.29 is 79.2 Å². The fourth-order valence-electron chi connectivity index (χ4n) is 5.94. The molecule has 2 heterocycles. The zero-order valence-electron chi connectivity index (χ0n) is 38.7. The van der Waals surface area contributed by atoms with Crippen molar-refractivity contribution in [3.8, 4) is 34.5 Å². The molecule has 0 fully saturated rings. The van der Waals surface area contributed by atoms with Gasteiger partial charge in [0, 0.05) is 75.7 Å². The van der Waals surface area contributed by atoms with Crippen LogP contribution < -0.4 is 86.2 Å². The summed E-state index contributed by atoms with van der Waals surface area (Å²) < 4.78 is 32.2. The SMILES string of the molecule is CC(=O)O.CC(=O)O.COc1cc(N=Cc2ccc3nc(N)nc(N)c3c2C)cc(OC)c1OC.COc1cc(NCc2ccc3nc(N)nc(N)c3c2C)cc(OC)c1OC.[B].[H-].[Na+]. The second kappa shape index (κ2) is 25.8. The Balaban J connectivity index is 0.00000104. The van der Waals surface area contributed by atoms with E-state index in [0.717, 1.165) is 58.1 Å². The number of methoxy groups -OCH3 is 6. The van der Waals surface area contributed by atoms with Crippen molar-refractivity contribution in [2.24, 2.45) is 4.99 Å². The van der Waals surface area contributed by atoms with Crippen LogP contribution >= 0.6 is 0 Å². The van der Waals surface area contributed by atoms with E-state index in [2.05, 4.69) is 30.2 Å². The van der Waals surface area contributed by atoms with Crippen LogP contribution in [0.5, 0.6) is 34.5 Å². The minimum Gasteiger partial charge on any atom is -1.00 e. The number of hydrogen-bond acceptors (Lipinski definition) is 18.